The van der Waals surface area contributed by atoms with Crippen molar-refractivity contribution >= 4 is 21.8 Å². The molecule has 0 unspecified atom stereocenters. The predicted molar refractivity (Wildman–Crippen MR) is 114 cm³/mol. The van der Waals surface area contributed by atoms with Gasteiger partial charge in [-0.3, -0.25) is 4.79 Å². The second kappa shape index (κ2) is 10.2. The Kier molecular flexibility index (Phi) is 7.90. The second-order valence-electron chi connectivity index (χ2n) is 8.41. The van der Waals surface area contributed by atoms with Crippen LogP contribution in [-0.2, 0) is 4.74 Å². The van der Waals surface area contributed by atoms with E-state index in [2.05, 4.69) is 39.8 Å². The van der Waals surface area contributed by atoms with E-state index in [-0.39, 0.29) is 30.6 Å². The lowest BCUT2D eigenvalue weighted by Crippen LogP contribution is -2.50. The number of carbonyl (C=O) groups excluding carboxylic acids is 1. The Morgan fingerprint density at radius 2 is 2.10 bits per heavy atom. The van der Waals surface area contributed by atoms with E-state index in [1.165, 1.54) is 0 Å². The monoisotopic (exact) mass is 469 g/mol. The summed E-state index contributed by atoms with van der Waals surface area (Å²) in [6.45, 7) is 7.87. The quantitative estimate of drug-likeness (QED) is 0.689. The van der Waals surface area contributed by atoms with Gasteiger partial charge in [-0.1, -0.05) is 6.92 Å². The first-order valence-electron chi connectivity index (χ1n) is 10.4. The summed E-state index contributed by atoms with van der Waals surface area (Å²) in [6.07, 6.45) is 3.75. The maximum Gasteiger partial charge on any atom is 0.259 e. The molecule has 0 spiro atoms. The zero-order valence-electron chi connectivity index (χ0n) is 17.5. The number of aromatic nitrogens is 1. The van der Waals surface area contributed by atoms with Gasteiger partial charge in [-0.25, -0.2) is 4.98 Å². The zero-order valence-corrected chi connectivity index (χ0v) is 19.1. The minimum Gasteiger partial charge on any atom is -0.472 e. The molecule has 0 bridgehead atoms. The zero-order chi connectivity index (χ0) is 21.0. The van der Waals surface area contributed by atoms with Crippen LogP contribution in [0.4, 0.5) is 0 Å². The van der Waals surface area contributed by atoms with Crippen molar-refractivity contribution < 1.29 is 19.4 Å². The number of carbonyl (C=O) groups is 1. The molecule has 1 fully saturated rings. The van der Waals surface area contributed by atoms with E-state index >= 15 is 0 Å². The lowest BCUT2D eigenvalue weighted by atomic mass is 9.98. The van der Waals surface area contributed by atoms with Crippen molar-refractivity contribution in [3.05, 3.63) is 22.3 Å². The Balaban J connectivity index is 1.80. The third-order valence-corrected chi connectivity index (χ3v) is 6.32. The van der Waals surface area contributed by atoms with Gasteiger partial charge in [-0.2, -0.15) is 0 Å². The molecule has 0 saturated carbocycles. The Morgan fingerprint density at radius 3 is 2.79 bits per heavy atom. The molecule has 3 rings (SSSR count). The maximum atomic E-state index is 13.1. The molecule has 1 aromatic rings. The van der Waals surface area contributed by atoms with E-state index in [1.807, 2.05) is 6.92 Å². The van der Waals surface area contributed by atoms with Crippen molar-refractivity contribution in [3.8, 4) is 5.88 Å². The summed E-state index contributed by atoms with van der Waals surface area (Å²) >= 11 is 3.40. The van der Waals surface area contributed by atoms with Gasteiger partial charge < -0.3 is 24.4 Å². The molecule has 3 atom stereocenters. The number of halogens is 1. The molecule has 2 aliphatic rings. The average Bonchev–Trinajstić information content (AvgIpc) is 2.71. The molecule has 1 amide bonds. The molecule has 162 valence electrons. The Morgan fingerprint density at radius 1 is 1.38 bits per heavy atom. The number of fused-ring (bicyclic) bond motifs is 1. The number of likely N-dealkylation sites (N-methyl/N-ethyl adjacent to an activating group) is 1. The van der Waals surface area contributed by atoms with Crippen LogP contribution in [0, 0.1) is 11.8 Å². The summed E-state index contributed by atoms with van der Waals surface area (Å²) < 4.78 is 12.5. The minimum absolute atomic E-state index is 0.0790. The summed E-state index contributed by atoms with van der Waals surface area (Å²) in [4.78, 5) is 21.6. The van der Waals surface area contributed by atoms with Crippen LogP contribution < -0.4 is 4.74 Å². The Bertz CT molecular complexity index is 699. The number of hydrogen-bond acceptors (Lipinski definition) is 6. The number of hydrogen-bond donors (Lipinski definition) is 1. The molecule has 29 heavy (non-hydrogen) atoms. The summed E-state index contributed by atoms with van der Waals surface area (Å²) in [6, 6.07) is 1.48. The standard InChI is InChI=1S/C21H32BrN3O4/c1-14-10-25(15(2)13-26)21(27)18-8-17(22)9-23-20(18)29-19(14)12-24(3)11-16-4-6-28-7-5-16/h8-9,14-16,19,26H,4-7,10-13H2,1-3H3/t14-,15-,19-/m0/s1. The lowest BCUT2D eigenvalue weighted by Gasteiger charge is -2.38. The number of aliphatic hydroxyl groups is 1. The molecule has 0 radical (unpaired) electrons. The third-order valence-electron chi connectivity index (χ3n) is 5.89. The number of aliphatic hydroxyl groups excluding tert-OH is 1. The molecule has 1 saturated heterocycles. The summed E-state index contributed by atoms with van der Waals surface area (Å²) in [5.74, 6) is 0.954. The van der Waals surface area contributed by atoms with Gasteiger partial charge in [0.25, 0.3) is 5.91 Å². The summed E-state index contributed by atoms with van der Waals surface area (Å²) in [5, 5.41) is 9.68. The van der Waals surface area contributed by atoms with Gasteiger partial charge in [0, 0.05) is 49.4 Å². The highest BCUT2D eigenvalue weighted by Gasteiger charge is 2.34. The second-order valence-corrected chi connectivity index (χ2v) is 9.32. The molecular formula is C21H32BrN3O4. The molecule has 3 heterocycles. The molecule has 1 aromatic heterocycles. The molecule has 2 aliphatic heterocycles. The summed E-state index contributed by atoms with van der Waals surface area (Å²) in [7, 11) is 2.12. The molecule has 0 aromatic carbocycles. The number of ether oxygens (including phenoxy) is 2. The van der Waals surface area contributed by atoms with Gasteiger partial charge in [-0.05, 0) is 54.7 Å². The molecule has 1 N–H and O–H groups in total. The Hall–Kier alpha value is -1.22. The van der Waals surface area contributed by atoms with Gasteiger partial charge in [0.2, 0.25) is 5.88 Å². The van der Waals surface area contributed by atoms with Crippen molar-refractivity contribution in [2.24, 2.45) is 11.8 Å². The van der Waals surface area contributed by atoms with E-state index in [0.29, 0.717) is 23.9 Å². The van der Waals surface area contributed by atoms with E-state index < -0.39 is 0 Å². The highest BCUT2D eigenvalue weighted by Crippen LogP contribution is 2.28. The van der Waals surface area contributed by atoms with Crippen molar-refractivity contribution in [2.75, 3.05) is 46.5 Å². The first kappa shape index (κ1) is 22.5. The highest BCUT2D eigenvalue weighted by atomic mass is 79.9. The van der Waals surface area contributed by atoms with E-state index in [9.17, 15) is 9.90 Å². The first-order chi connectivity index (χ1) is 13.9. The van der Waals surface area contributed by atoms with Gasteiger partial charge >= 0.3 is 0 Å². The number of nitrogens with zero attached hydrogens (tertiary/aromatic N) is 3. The Labute approximate surface area is 181 Å². The average molecular weight is 470 g/mol. The molecular weight excluding hydrogens is 438 g/mol. The van der Waals surface area contributed by atoms with Crippen molar-refractivity contribution in [1.82, 2.24) is 14.8 Å². The fraction of sp³-hybridized carbons (Fsp3) is 0.714. The van der Waals surface area contributed by atoms with E-state index in [1.54, 1.807) is 17.2 Å². The van der Waals surface area contributed by atoms with Crippen LogP contribution in [0.1, 0.15) is 37.0 Å². The molecule has 8 heteroatoms. The van der Waals surface area contributed by atoms with Gasteiger partial charge in [0.15, 0.2) is 0 Å². The van der Waals surface area contributed by atoms with Crippen LogP contribution in [0.3, 0.4) is 0 Å². The predicted octanol–water partition coefficient (Wildman–Crippen LogP) is 2.42. The number of amides is 1. The highest BCUT2D eigenvalue weighted by molar-refractivity contribution is 9.10. The van der Waals surface area contributed by atoms with Crippen LogP contribution >= 0.6 is 15.9 Å². The minimum atomic E-state index is -0.268. The van der Waals surface area contributed by atoms with Crippen molar-refractivity contribution in [1.29, 1.82) is 0 Å². The smallest absolute Gasteiger partial charge is 0.259 e. The largest absolute Gasteiger partial charge is 0.472 e. The van der Waals surface area contributed by atoms with Gasteiger partial charge in [0.1, 0.15) is 11.7 Å². The van der Waals surface area contributed by atoms with Gasteiger partial charge in [0.05, 0.1) is 12.6 Å². The molecule has 0 aliphatic carbocycles. The molecule has 7 nitrogen and oxygen atoms in total. The van der Waals surface area contributed by atoms with Crippen LogP contribution in [0.5, 0.6) is 5.88 Å². The van der Waals surface area contributed by atoms with E-state index in [0.717, 1.165) is 43.6 Å². The van der Waals surface area contributed by atoms with Crippen LogP contribution in [0.25, 0.3) is 0 Å². The van der Waals surface area contributed by atoms with Crippen LogP contribution in [-0.4, -0.2) is 84.4 Å². The number of rotatable bonds is 6. The van der Waals surface area contributed by atoms with E-state index in [4.69, 9.17) is 9.47 Å². The van der Waals surface area contributed by atoms with Crippen molar-refractivity contribution in [3.63, 3.8) is 0 Å². The third kappa shape index (κ3) is 5.69. The van der Waals surface area contributed by atoms with Crippen molar-refractivity contribution in [2.45, 2.75) is 38.8 Å². The van der Waals surface area contributed by atoms with Crippen LogP contribution in [0.2, 0.25) is 0 Å². The summed E-state index contributed by atoms with van der Waals surface area (Å²) in [5.41, 5.74) is 0.434. The van der Waals surface area contributed by atoms with Crippen LogP contribution in [0.15, 0.2) is 16.7 Å². The fourth-order valence-electron chi connectivity index (χ4n) is 4.05. The topological polar surface area (TPSA) is 75.1 Å². The first-order valence-corrected chi connectivity index (χ1v) is 11.2. The SMILES string of the molecule is C[C@H]1CN([C@@H](C)CO)C(=O)c2cc(Br)cnc2O[C@H]1CN(C)CC1CCOCC1. The maximum absolute atomic E-state index is 13.1. The van der Waals surface area contributed by atoms with Gasteiger partial charge in [-0.15, -0.1) is 0 Å². The fourth-order valence-corrected chi connectivity index (χ4v) is 4.38. The normalized spacial score (nSPS) is 24.6. The lowest BCUT2D eigenvalue weighted by molar-refractivity contribution is 0.0254. The number of pyridine rings is 1.